The van der Waals surface area contributed by atoms with Crippen LogP contribution in [0.3, 0.4) is 0 Å². The van der Waals surface area contributed by atoms with Crippen LogP contribution >= 0.6 is 15.9 Å². The molecule has 0 radical (unpaired) electrons. The van der Waals surface area contributed by atoms with Gasteiger partial charge in [0.05, 0.1) is 5.69 Å². The summed E-state index contributed by atoms with van der Waals surface area (Å²) in [6.07, 6.45) is 3.84. The zero-order chi connectivity index (χ0) is 13.8. The van der Waals surface area contributed by atoms with Gasteiger partial charge < -0.3 is 9.88 Å². The number of rotatable bonds is 5. The normalized spacial score (nSPS) is 11.2. The molecule has 0 atom stereocenters. The monoisotopic (exact) mass is 321 g/mol. The van der Waals surface area contributed by atoms with E-state index in [4.69, 9.17) is 0 Å². The third kappa shape index (κ3) is 3.67. The Bertz CT molecular complexity index is 546. The summed E-state index contributed by atoms with van der Waals surface area (Å²) in [6, 6.07) is 6.37. The van der Waals surface area contributed by atoms with Gasteiger partial charge in [-0.05, 0) is 43.1 Å². The van der Waals surface area contributed by atoms with E-state index >= 15 is 0 Å². The molecule has 0 spiro atoms. The summed E-state index contributed by atoms with van der Waals surface area (Å²) >= 11 is 3.55. The van der Waals surface area contributed by atoms with Crippen molar-refractivity contribution in [3.63, 3.8) is 0 Å². The lowest BCUT2D eigenvalue weighted by molar-refractivity contribution is 0.551. The number of imidazole rings is 1. The van der Waals surface area contributed by atoms with Gasteiger partial charge in [0.25, 0.3) is 0 Å². The van der Waals surface area contributed by atoms with Crippen LogP contribution in [0.2, 0.25) is 0 Å². The van der Waals surface area contributed by atoms with Gasteiger partial charge in [-0.15, -0.1) is 0 Å². The molecule has 1 heterocycles. The minimum Gasteiger partial charge on any atom is -0.312 e. The predicted octanol–water partition coefficient (Wildman–Crippen LogP) is 3.69. The quantitative estimate of drug-likeness (QED) is 0.910. The first-order valence-electron chi connectivity index (χ1n) is 6.57. The fraction of sp³-hybridized carbons (Fsp3) is 0.400. The van der Waals surface area contributed by atoms with E-state index in [9.17, 15) is 0 Å². The van der Waals surface area contributed by atoms with Crippen LogP contribution in [0.5, 0.6) is 0 Å². The minimum atomic E-state index is 0.658. The zero-order valence-corrected chi connectivity index (χ0v) is 13.2. The first kappa shape index (κ1) is 14.3. The van der Waals surface area contributed by atoms with E-state index in [1.54, 1.807) is 0 Å². The summed E-state index contributed by atoms with van der Waals surface area (Å²) in [5.74, 6) is 1.66. The molecule has 2 aromatic rings. The highest BCUT2D eigenvalue weighted by Crippen LogP contribution is 2.21. The van der Waals surface area contributed by atoms with Gasteiger partial charge in [-0.2, -0.15) is 0 Å². The maximum Gasteiger partial charge on any atom is 0.110 e. The summed E-state index contributed by atoms with van der Waals surface area (Å²) in [5, 5.41) is 3.50. The van der Waals surface area contributed by atoms with E-state index < -0.39 is 0 Å². The summed E-state index contributed by atoms with van der Waals surface area (Å²) in [6.45, 7) is 8.34. The summed E-state index contributed by atoms with van der Waals surface area (Å²) in [4.78, 5) is 4.30. The Morgan fingerprint density at radius 1 is 1.37 bits per heavy atom. The highest BCUT2D eigenvalue weighted by Gasteiger charge is 2.07. The maximum absolute atomic E-state index is 4.30. The Kier molecular flexibility index (Phi) is 4.77. The van der Waals surface area contributed by atoms with Crippen molar-refractivity contribution in [1.82, 2.24) is 14.9 Å². The van der Waals surface area contributed by atoms with Gasteiger partial charge in [0.1, 0.15) is 5.82 Å². The van der Waals surface area contributed by atoms with Crippen molar-refractivity contribution in [2.24, 2.45) is 5.92 Å². The first-order chi connectivity index (χ1) is 9.08. The maximum atomic E-state index is 4.30. The lowest BCUT2D eigenvalue weighted by Gasteiger charge is -2.14. The Hall–Kier alpha value is -1.13. The lowest BCUT2D eigenvalue weighted by Crippen LogP contribution is -2.20. The standard InChI is InChI=1S/C15H20BrN3/c1-11(2)9-17-10-13-8-14(16)4-5-15(13)19-7-6-18-12(19)3/h4-8,11,17H,9-10H2,1-3H3. The van der Waals surface area contributed by atoms with E-state index in [-0.39, 0.29) is 0 Å². The van der Waals surface area contributed by atoms with Gasteiger partial charge in [0, 0.05) is 23.4 Å². The molecule has 0 amide bonds. The number of benzene rings is 1. The number of nitrogens with zero attached hydrogens (tertiary/aromatic N) is 2. The van der Waals surface area contributed by atoms with Gasteiger partial charge in [0.2, 0.25) is 0 Å². The number of aryl methyl sites for hydroxylation is 1. The Labute approximate surface area is 123 Å². The van der Waals surface area contributed by atoms with E-state index in [1.165, 1.54) is 11.3 Å². The third-order valence-electron chi connectivity index (χ3n) is 2.99. The second kappa shape index (κ2) is 6.35. The van der Waals surface area contributed by atoms with Crippen molar-refractivity contribution >= 4 is 15.9 Å². The molecule has 102 valence electrons. The van der Waals surface area contributed by atoms with Gasteiger partial charge in [0.15, 0.2) is 0 Å². The van der Waals surface area contributed by atoms with Crippen LogP contribution in [0.1, 0.15) is 25.2 Å². The Balaban J connectivity index is 2.26. The molecule has 0 bridgehead atoms. The van der Waals surface area contributed by atoms with Crippen molar-refractivity contribution in [2.45, 2.75) is 27.3 Å². The SMILES string of the molecule is Cc1nccn1-c1ccc(Br)cc1CNCC(C)C. The van der Waals surface area contributed by atoms with Gasteiger partial charge in [-0.3, -0.25) is 0 Å². The molecule has 0 aliphatic carbocycles. The van der Waals surface area contributed by atoms with Crippen LogP contribution in [-0.4, -0.2) is 16.1 Å². The summed E-state index contributed by atoms with van der Waals surface area (Å²) < 4.78 is 3.23. The topological polar surface area (TPSA) is 29.9 Å². The minimum absolute atomic E-state index is 0.658. The molecule has 4 heteroatoms. The third-order valence-corrected chi connectivity index (χ3v) is 3.49. The van der Waals surface area contributed by atoms with Crippen LogP contribution < -0.4 is 5.32 Å². The average molecular weight is 322 g/mol. The molecule has 0 aliphatic rings. The van der Waals surface area contributed by atoms with Crippen LogP contribution in [-0.2, 0) is 6.54 Å². The molecule has 0 fully saturated rings. The highest BCUT2D eigenvalue weighted by atomic mass is 79.9. The largest absolute Gasteiger partial charge is 0.312 e. The fourth-order valence-electron chi connectivity index (χ4n) is 2.06. The molecule has 0 saturated carbocycles. The average Bonchev–Trinajstić information content (AvgIpc) is 2.75. The number of nitrogens with one attached hydrogen (secondary N) is 1. The van der Waals surface area contributed by atoms with E-state index in [2.05, 4.69) is 62.8 Å². The zero-order valence-electron chi connectivity index (χ0n) is 11.7. The van der Waals surface area contributed by atoms with Crippen LogP contribution in [0.4, 0.5) is 0 Å². The molecule has 3 nitrogen and oxygen atoms in total. The van der Waals surface area contributed by atoms with E-state index in [0.29, 0.717) is 5.92 Å². The van der Waals surface area contributed by atoms with Crippen LogP contribution in [0.25, 0.3) is 5.69 Å². The summed E-state index contributed by atoms with van der Waals surface area (Å²) in [7, 11) is 0. The number of halogens is 1. The Morgan fingerprint density at radius 3 is 2.79 bits per heavy atom. The first-order valence-corrected chi connectivity index (χ1v) is 7.36. The summed E-state index contributed by atoms with van der Waals surface area (Å²) in [5.41, 5.74) is 2.46. The molecule has 1 N–H and O–H groups in total. The van der Waals surface area contributed by atoms with Crippen molar-refractivity contribution in [3.8, 4) is 5.69 Å². The molecule has 1 aromatic heterocycles. The van der Waals surface area contributed by atoms with E-state index in [1.807, 2.05) is 19.3 Å². The van der Waals surface area contributed by atoms with Crippen LogP contribution in [0, 0.1) is 12.8 Å². The molecule has 1 aromatic carbocycles. The Morgan fingerprint density at radius 2 is 2.16 bits per heavy atom. The fourth-order valence-corrected chi connectivity index (χ4v) is 2.47. The molecule has 2 rings (SSSR count). The molecular formula is C15H20BrN3. The highest BCUT2D eigenvalue weighted by molar-refractivity contribution is 9.10. The van der Waals surface area contributed by atoms with Crippen molar-refractivity contribution in [3.05, 3.63) is 46.5 Å². The van der Waals surface area contributed by atoms with Crippen molar-refractivity contribution in [1.29, 1.82) is 0 Å². The predicted molar refractivity (Wildman–Crippen MR) is 82.5 cm³/mol. The number of hydrogen-bond acceptors (Lipinski definition) is 2. The van der Waals surface area contributed by atoms with Crippen molar-refractivity contribution in [2.75, 3.05) is 6.54 Å². The van der Waals surface area contributed by atoms with Gasteiger partial charge in [-0.1, -0.05) is 29.8 Å². The second-order valence-corrected chi connectivity index (χ2v) is 6.06. The number of aromatic nitrogens is 2. The van der Waals surface area contributed by atoms with Gasteiger partial charge >= 0.3 is 0 Å². The smallest absolute Gasteiger partial charge is 0.110 e. The second-order valence-electron chi connectivity index (χ2n) is 5.14. The lowest BCUT2D eigenvalue weighted by atomic mass is 10.1. The molecule has 0 aliphatic heterocycles. The van der Waals surface area contributed by atoms with Gasteiger partial charge in [-0.25, -0.2) is 4.98 Å². The van der Waals surface area contributed by atoms with Crippen molar-refractivity contribution < 1.29 is 0 Å². The molecule has 0 saturated heterocycles. The molecule has 0 unspecified atom stereocenters. The molecule has 19 heavy (non-hydrogen) atoms. The molecular weight excluding hydrogens is 302 g/mol. The van der Waals surface area contributed by atoms with E-state index in [0.717, 1.165) is 23.4 Å². The number of hydrogen-bond donors (Lipinski definition) is 1. The van der Waals surface area contributed by atoms with Crippen LogP contribution in [0.15, 0.2) is 35.1 Å².